The maximum Gasteiger partial charge on any atom is 0.314 e. The third-order valence-electron chi connectivity index (χ3n) is 3.06. The minimum atomic E-state index is -0.963. The summed E-state index contributed by atoms with van der Waals surface area (Å²) >= 11 is 0. The number of esters is 1. The number of azide groups is 1. The lowest BCUT2D eigenvalue weighted by Gasteiger charge is -2.38. The number of ether oxygens (including phenoxy) is 1. The van der Waals surface area contributed by atoms with Gasteiger partial charge < -0.3 is 9.84 Å². The Kier molecular flexibility index (Phi) is 3.55. The molecule has 0 aromatic carbocycles. The molecule has 0 saturated heterocycles. The van der Waals surface area contributed by atoms with Crippen molar-refractivity contribution in [3.8, 4) is 0 Å². The third kappa shape index (κ3) is 2.06. The van der Waals surface area contributed by atoms with E-state index in [-0.39, 0.29) is 0 Å². The summed E-state index contributed by atoms with van der Waals surface area (Å²) in [6, 6.07) is -0.534. The van der Waals surface area contributed by atoms with Gasteiger partial charge in [-0.25, -0.2) is 0 Å². The Morgan fingerprint density at radius 2 is 2.40 bits per heavy atom. The average Bonchev–Trinajstić information content (AvgIpc) is 2.24. The number of nitrogens with zero attached hydrogens (tertiary/aromatic N) is 3. The minimum Gasteiger partial charge on any atom is -0.469 e. The van der Waals surface area contributed by atoms with E-state index >= 15 is 0 Å². The Morgan fingerprint density at radius 1 is 1.73 bits per heavy atom. The largest absolute Gasteiger partial charge is 0.469 e. The fraction of sp³-hybridized carbons (Fsp3) is 0.889. The van der Waals surface area contributed by atoms with Gasteiger partial charge in [-0.15, -0.1) is 0 Å². The van der Waals surface area contributed by atoms with E-state index in [1.807, 2.05) is 0 Å². The van der Waals surface area contributed by atoms with Crippen molar-refractivity contribution in [1.82, 2.24) is 0 Å². The lowest BCUT2D eigenvalue weighted by molar-refractivity contribution is -0.163. The Balaban J connectivity index is 2.90. The minimum absolute atomic E-state index is 0.451. The predicted octanol–water partition coefficient (Wildman–Crippen LogP) is 1.39. The number of carbonyl (C=O) groups excluding carboxylic acids is 1. The molecular formula is C9H15N3O3. The van der Waals surface area contributed by atoms with E-state index in [0.29, 0.717) is 12.8 Å². The second-order valence-corrected chi connectivity index (χ2v) is 4.02. The van der Waals surface area contributed by atoms with Gasteiger partial charge in [-0.3, -0.25) is 4.79 Å². The van der Waals surface area contributed by atoms with Crippen molar-refractivity contribution in [2.24, 2.45) is 10.5 Å². The number of hydrogen-bond acceptors (Lipinski definition) is 4. The van der Waals surface area contributed by atoms with Crippen LogP contribution in [-0.4, -0.2) is 30.3 Å². The van der Waals surface area contributed by atoms with Gasteiger partial charge in [-0.1, -0.05) is 11.5 Å². The Labute approximate surface area is 87.9 Å². The number of aliphatic hydroxyl groups excluding tert-OH is 1. The van der Waals surface area contributed by atoms with Gasteiger partial charge >= 0.3 is 5.97 Å². The monoisotopic (exact) mass is 213 g/mol. The van der Waals surface area contributed by atoms with Gasteiger partial charge in [0.05, 0.1) is 24.7 Å². The number of methoxy groups -OCH3 is 1. The summed E-state index contributed by atoms with van der Waals surface area (Å²) in [5, 5.41) is 13.5. The van der Waals surface area contributed by atoms with Crippen molar-refractivity contribution in [2.75, 3.05) is 7.11 Å². The van der Waals surface area contributed by atoms with Gasteiger partial charge in [-0.05, 0) is 25.3 Å². The lowest BCUT2D eigenvalue weighted by Crippen LogP contribution is -2.49. The summed E-state index contributed by atoms with van der Waals surface area (Å²) in [6.07, 6.45) is 0.942. The summed E-state index contributed by atoms with van der Waals surface area (Å²) in [7, 11) is 1.29. The van der Waals surface area contributed by atoms with Crippen molar-refractivity contribution in [3.05, 3.63) is 10.4 Å². The SMILES string of the molecule is COC(=O)[C@@]1(C)CCCC(N=[N+]=[N-])[C@H]1O. The molecule has 0 radical (unpaired) electrons. The zero-order valence-electron chi connectivity index (χ0n) is 8.88. The van der Waals surface area contributed by atoms with Gasteiger partial charge in [0.25, 0.3) is 0 Å². The summed E-state index contributed by atoms with van der Waals surface area (Å²) in [4.78, 5) is 14.2. The van der Waals surface area contributed by atoms with Crippen molar-refractivity contribution in [1.29, 1.82) is 0 Å². The molecule has 1 aliphatic carbocycles. The molecule has 0 heterocycles. The molecule has 0 amide bonds. The van der Waals surface area contributed by atoms with E-state index in [1.54, 1.807) is 6.92 Å². The standard InChI is InChI=1S/C9H15N3O3/c1-9(8(14)15-2)5-3-4-6(7(9)13)11-12-10/h6-7,13H,3-5H2,1-2H3/t6?,7-,9+/m1/s1. The first-order valence-corrected chi connectivity index (χ1v) is 4.87. The van der Waals surface area contributed by atoms with Crippen molar-refractivity contribution in [2.45, 2.75) is 38.3 Å². The van der Waals surface area contributed by atoms with E-state index in [9.17, 15) is 9.90 Å². The number of carbonyl (C=O) groups is 1. The second kappa shape index (κ2) is 4.51. The van der Waals surface area contributed by atoms with Crippen molar-refractivity contribution < 1.29 is 14.6 Å². The van der Waals surface area contributed by atoms with E-state index in [4.69, 9.17) is 5.53 Å². The normalized spacial score (nSPS) is 35.4. The first-order chi connectivity index (χ1) is 7.06. The average molecular weight is 213 g/mol. The van der Waals surface area contributed by atoms with E-state index in [1.165, 1.54) is 7.11 Å². The van der Waals surface area contributed by atoms with Crippen LogP contribution >= 0.6 is 0 Å². The van der Waals surface area contributed by atoms with Crippen molar-refractivity contribution in [3.63, 3.8) is 0 Å². The smallest absolute Gasteiger partial charge is 0.314 e. The Hall–Kier alpha value is -1.26. The van der Waals surface area contributed by atoms with Crippen LogP contribution in [0, 0.1) is 5.41 Å². The zero-order chi connectivity index (χ0) is 11.5. The molecule has 0 aromatic heterocycles. The van der Waals surface area contributed by atoms with Crippen LogP contribution in [0.25, 0.3) is 10.4 Å². The van der Waals surface area contributed by atoms with E-state index in [2.05, 4.69) is 14.8 Å². The van der Waals surface area contributed by atoms with Crippen LogP contribution < -0.4 is 0 Å². The summed E-state index contributed by atoms with van der Waals surface area (Å²) < 4.78 is 4.66. The van der Waals surface area contributed by atoms with Crippen LogP contribution in [0.1, 0.15) is 26.2 Å². The summed E-state index contributed by atoms with van der Waals surface area (Å²) in [6.45, 7) is 1.64. The highest BCUT2D eigenvalue weighted by Gasteiger charge is 2.47. The molecule has 1 saturated carbocycles. The van der Waals surface area contributed by atoms with Crippen LogP contribution in [0.5, 0.6) is 0 Å². The topological polar surface area (TPSA) is 95.3 Å². The molecule has 1 fully saturated rings. The molecule has 0 aliphatic heterocycles. The Morgan fingerprint density at radius 3 is 2.93 bits per heavy atom. The molecule has 0 spiro atoms. The molecule has 1 N–H and O–H groups in total. The summed E-state index contributed by atoms with van der Waals surface area (Å²) in [5.41, 5.74) is 7.38. The highest BCUT2D eigenvalue weighted by Crippen LogP contribution is 2.38. The predicted molar refractivity (Wildman–Crippen MR) is 52.9 cm³/mol. The highest BCUT2D eigenvalue weighted by atomic mass is 16.5. The third-order valence-corrected chi connectivity index (χ3v) is 3.06. The number of hydrogen-bond donors (Lipinski definition) is 1. The van der Waals surface area contributed by atoms with Crippen LogP contribution in [0.4, 0.5) is 0 Å². The fourth-order valence-corrected chi connectivity index (χ4v) is 2.05. The van der Waals surface area contributed by atoms with Gasteiger partial charge in [0, 0.05) is 4.91 Å². The zero-order valence-corrected chi connectivity index (χ0v) is 8.88. The van der Waals surface area contributed by atoms with Crippen LogP contribution in [-0.2, 0) is 9.53 Å². The van der Waals surface area contributed by atoms with Crippen LogP contribution in [0.15, 0.2) is 5.11 Å². The fourth-order valence-electron chi connectivity index (χ4n) is 2.05. The summed E-state index contributed by atoms with van der Waals surface area (Å²) in [5.74, 6) is -0.451. The molecular weight excluding hydrogens is 198 g/mol. The molecule has 84 valence electrons. The van der Waals surface area contributed by atoms with E-state index < -0.39 is 23.5 Å². The molecule has 1 rings (SSSR count). The first kappa shape index (κ1) is 11.8. The van der Waals surface area contributed by atoms with Crippen molar-refractivity contribution >= 4 is 5.97 Å². The maximum absolute atomic E-state index is 11.5. The molecule has 1 aliphatic rings. The number of rotatable bonds is 2. The molecule has 6 nitrogen and oxygen atoms in total. The van der Waals surface area contributed by atoms with Gasteiger partial charge in [0.2, 0.25) is 0 Å². The molecule has 6 heteroatoms. The van der Waals surface area contributed by atoms with Gasteiger partial charge in [-0.2, -0.15) is 0 Å². The molecule has 3 atom stereocenters. The number of aliphatic hydroxyl groups is 1. The highest BCUT2D eigenvalue weighted by molar-refractivity contribution is 5.77. The van der Waals surface area contributed by atoms with Gasteiger partial charge in [0.1, 0.15) is 0 Å². The molecule has 15 heavy (non-hydrogen) atoms. The quantitative estimate of drug-likeness (QED) is 0.325. The van der Waals surface area contributed by atoms with Gasteiger partial charge in [0.15, 0.2) is 0 Å². The van der Waals surface area contributed by atoms with Crippen LogP contribution in [0.2, 0.25) is 0 Å². The van der Waals surface area contributed by atoms with Crippen LogP contribution in [0.3, 0.4) is 0 Å². The molecule has 1 unspecified atom stereocenters. The maximum atomic E-state index is 11.5. The Bertz CT molecular complexity index is 301. The first-order valence-electron chi connectivity index (χ1n) is 4.87. The molecule has 0 bridgehead atoms. The molecule has 0 aromatic rings. The second-order valence-electron chi connectivity index (χ2n) is 4.02. The van der Waals surface area contributed by atoms with E-state index in [0.717, 1.165) is 6.42 Å². The lowest BCUT2D eigenvalue weighted by atomic mass is 9.71.